The predicted octanol–water partition coefficient (Wildman–Crippen LogP) is 3.97. The maximum atomic E-state index is 13.5. The number of rotatable bonds is 3. The van der Waals surface area contributed by atoms with Crippen molar-refractivity contribution in [1.82, 2.24) is 0 Å². The lowest BCUT2D eigenvalue weighted by Gasteiger charge is -2.32. The van der Waals surface area contributed by atoms with Gasteiger partial charge in [-0.2, -0.15) is 4.57 Å². The Morgan fingerprint density at radius 1 is 1.03 bits per heavy atom. The standard InChI is InChI=1S/C23H20ClN3O2/c1-15-6-5-7-16(2)21(15)25-23(29)22-19-8-3-4-13-26(19)14-20(28)27(22)18-11-9-17(24)10-12-18/h3-13,22H,14H2,1-2H3/p+1/t22-/m0/s1. The first-order valence-electron chi connectivity index (χ1n) is 9.39. The SMILES string of the molecule is Cc1cccc(C)c1NC(=O)[C@@H]1c2cccc[n+]2CC(=O)N1c1ccc(Cl)cc1. The van der Waals surface area contributed by atoms with Crippen LogP contribution in [0, 0.1) is 13.8 Å². The average Bonchev–Trinajstić information content (AvgIpc) is 2.70. The van der Waals surface area contributed by atoms with Crippen molar-refractivity contribution in [3.05, 3.63) is 88.7 Å². The van der Waals surface area contributed by atoms with E-state index in [1.54, 1.807) is 29.2 Å². The molecule has 6 heteroatoms. The summed E-state index contributed by atoms with van der Waals surface area (Å²) in [6.45, 7) is 4.08. The van der Waals surface area contributed by atoms with Gasteiger partial charge in [0.25, 0.3) is 11.8 Å². The minimum absolute atomic E-state index is 0.155. The van der Waals surface area contributed by atoms with Crippen molar-refractivity contribution in [2.45, 2.75) is 26.4 Å². The van der Waals surface area contributed by atoms with Crippen molar-refractivity contribution in [1.29, 1.82) is 0 Å². The van der Waals surface area contributed by atoms with Crippen molar-refractivity contribution in [2.75, 3.05) is 10.2 Å². The highest BCUT2D eigenvalue weighted by Gasteiger charge is 2.43. The number of fused-ring (bicyclic) bond motifs is 1. The van der Waals surface area contributed by atoms with Crippen LogP contribution < -0.4 is 14.8 Å². The summed E-state index contributed by atoms with van der Waals surface area (Å²) in [6.07, 6.45) is 1.83. The molecule has 0 aliphatic carbocycles. The van der Waals surface area contributed by atoms with Gasteiger partial charge in [0.2, 0.25) is 18.3 Å². The van der Waals surface area contributed by atoms with Gasteiger partial charge in [0, 0.05) is 28.5 Å². The number of benzene rings is 2. The maximum absolute atomic E-state index is 13.5. The number of para-hydroxylation sites is 1. The van der Waals surface area contributed by atoms with Gasteiger partial charge in [0.1, 0.15) is 0 Å². The van der Waals surface area contributed by atoms with E-state index in [4.69, 9.17) is 11.6 Å². The van der Waals surface area contributed by atoms with E-state index in [1.807, 2.05) is 61.0 Å². The molecule has 1 N–H and O–H groups in total. The summed E-state index contributed by atoms with van der Waals surface area (Å²) in [5, 5.41) is 3.62. The van der Waals surface area contributed by atoms with E-state index in [0.29, 0.717) is 10.7 Å². The Morgan fingerprint density at radius 3 is 2.41 bits per heavy atom. The van der Waals surface area contributed by atoms with Crippen LogP contribution in [0.1, 0.15) is 22.9 Å². The van der Waals surface area contributed by atoms with E-state index in [0.717, 1.165) is 22.5 Å². The number of nitrogens with one attached hydrogen (secondary N) is 1. The minimum atomic E-state index is -0.794. The third-order valence-electron chi connectivity index (χ3n) is 5.17. The van der Waals surface area contributed by atoms with Crippen LogP contribution in [-0.4, -0.2) is 11.8 Å². The summed E-state index contributed by atoms with van der Waals surface area (Å²) in [5.41, 5.74) is 4.11. The highest BCUT2D eigenvalue weighted by atomic mass is 35.5. The molecule has 5 nitrogen and oxygen atoms in total. The molecular weight excluding hydrogens is 386 g/mol. The van der Waals surface area contributed by atoms with E-state index < -0.39 is 6.04 Å². The fourth-order valence-electron chi connectivity index (χ4n) is 3.73. The second-order valence-corrected chi connectivity index (χ2v) is 7.59. The van der Waals surface area contributed by atoms with Gasteiger partial charge in [-0.25, -0.2) is 0 Å². The average molecular weight is 407 g/mol. The van der Waals surface area contributed by atoms with Gasteiger partial charge in [-0.05, 0) is 49.2 Å². The van der Waals surface area contributed by atoms with Gasteiger partial charge in [0.15, 0.2) is 6.20 Å². The Balaban J connectivity index is 1.80. The number of amides is 2. The smallest absolute Gasteiger partial charge is 0.294 e. The fourth-order valence-corrected chi connectivity index (χ4v) is 3.86. The van der Waals surface area contributed by atoms with E-state index >= 15 is 0 Å². The van der Waals surface area contributed by atoms with Crippen molar-refractivity contribution >= 4 is 34.8 Å². The zero-order valence-electron chi connectivity index (χ0n) is 16.2. The summed E-state index contributed by atoms with van der Waals surface area (Å²) >= 11 is 6.02. The molecule has 146 valence electrons. The van der Waals surface area contributed by atoms with Crippen molar-refractivity contribution in [3.63, 3.8) is 0 Å². The van der Waals surface area contributed by atoms with Crippen molar-refractivity contribution < 1.29 is 14.2 Å². The molecule has 29 heavy (non-hydrogen) atoms. The lowest BCUT2D eigenvalue weighted by Crippen LogP contribution is -2.58. The number of aryl methyl sites for hydroxylation is 2. The number of halogens is 1. The number of hydrogen-bond donors (Lipinski definition) is 1. The lowest BCUT2D eigenvalue weighted by atomic mass is 10.0. The molecular formula is C23H21ClN3O2+. The maximum Gasteiger partial charge on any atom is 0.294 e. The summed E-state index contributed by atoms with van der Waals surface area (Å²) in [7, 11) is 0. The Kier molecular flexibility index (Phi) is 5.07. The Labute approximate surface area is 174 Å². The monoisotopic (exact) mass is 406 g/mol. The fraction of sp³-hybridized carbons (Fsp3) is 0.174. The second kappa shape index (κ2) is 7.68. The lowest BCUT2D eigenvalue weighted by molar-refractivity contribution is -0.695. The van der Waals surface area contributed by atoms with Gasteiger partial charge in [-0.3, -0.25) is 14.5 Å². The molecule has 0 spiro atoms. The summed E-state index contributed by atoms with van der Waals surface area (Å²) in [6, 6.07) is 17.6. The van der Waals surface area contributed by atoms with Crippen LogP contribution in [0.3, 0.4) is 0 Å². The Bertz CT molecular complexity index is 1080. The van der Waals surface area contributed by atoms with Crippen molar-refractivity contribution in [2.24, 2.45) is 0 Å². The molecule has 0 unspecified atom stereocenters. The van der Waals surface area contributed by atoms with Crippen LogP contribution in [0.2, 0.25) is 5.02 Å². The van der Waals surface area contributed by atoms with Crippen LogP contribution in [0.15, 0.2) is 66.9 Å². The highest BCUT2D eigenvalue weighted by Crippen LogP contribution is 2.31. The summed E-state index contributed by atoms with van der Waals surface area (Å²) in [5.74, 6) is -0.414. The third-order valence-corrected chi connectivity index (χ3v) is 5.42. The molecule has 2 heterocycles. The number of aromatic nitrogens is 1. The van der Waals surface area contributed by atoms with E-state index in [1.165, 1.54) is 0 Å². The zero-order chi connectivity index (χ0) is 20.5. The normalized spacial score (nSPS) is 15.8. The molecule has 4 rings (SSSR count). The van der Waals surface area contributed by atoms with Gasteiger partial charge in [0.05, 0.1) is 0 Å². The number of hydrogen-bond acceptors (Lipinski definition) is 2. The first-order chi connectivity index (χ1) is 14.0. The van der Waals surface area contributed by atoms with E-state index in [2.05, 4.69) is 5.32 Å². The number of carbonyl (C=O) groups is 2. The summed E-state index contributed by atoms with van der Waals surface area (Å²) in [4.78, 5) is 28.1. The number of anilines is 2. The number of carbonyl (C=O) groups excluding carboxylic acids is 2. The van der Waals surface area contributed by atoms with Crippen LogP contribution in [-0.2, 0) is 16.1 Å². The molecule has 1 aliphatic rings. The van der Waals surface area contributed by atoms with Crippen LogP contribution in [0.25, 0.3) is 0 Å². The molecule has 3 aromatic rings. The first-order valence-corrected chi connectivity index (χ1v) is 9.76. The quantitative estimate of drug-likeness (QED) is 0.669. The molecule has 2 amide bonds. The van der Waals surface area contributed by atoms with Crippen LogP contribution in [0.5, 0.6) is 0 Å². The molecule has 1 aromatic heterocycles. The summed E-state index contributed by atoms with van der Waals surface area (Å²) < 4.78 is 1.82. The van der Waals surface area contributed by atoms with E-state index in [9.17, 15) is 9.59 Å². The molecule has 2 aromatic carbocycles. The third kappa shape index (κ3) is 3.61. The zero-order valence-corrected chi connectivity index (χ0v) is 17.0. The highest BCUT2D eigenvalue weighted by molar-refractivity contribution is 6.30. The molecule has 1 atom stereocenters. The molecule has 0 radical (unpaired) electrons. The Hall–Kier alpha value is -3.18. The molecule has 0 saturated carbocycles. The largest absolute Gasteiger partial charge is 0.323 e. The van der Waals surface area contributed by atoms with Gasteiger partial charge >= 0.3 is 0 Å². The predicted molar refractivity (Wildman–Crippen MR) is 113 cm³/mol. The van der Waals surface area contributed by atoms with Gasteiger partial charge in [-0.15, -0.1) is 0 Å². The molecule has 0 saturated heterocycles. The van der Waals surface area contributed by atoms with Crippen LogP contribution >= 0.6 is 11.6 Å². The Morgan fingerprint density at radius 2 is 1.72 bits per heavy atom. The minimum Gasteiger partial charge on any atom is -0.323 e. The molecule has 0 fully saturated rings. The van der Waals surface area contributed by atoms with Crippen molar-refractivity contribution in [3.8, 4) is 0 Å². The molecule has 1 aliphatic heterocycles. The number of nitrogens with zero attached hydrogens (tertiary/aromatic N) is 2. The first kappa shape index (κ1) is 19.2. The number of pyridine rings is 1. The second-order valence-electron chi connectivity index (χ2n) is 7.15. The van der Waals surface area contributed by atoms with Gasteiger partial charge in [-0.1, -0.05) is 35.9 Å². The molecule has 0 bridgehead atoms. The van der Waals surface area contributed by atoms with Gasteiger partial charge < -0.3 is 5.32 Å². The topological polar surface area (TPSA) is 53.3 Å². The van der Waals surface area contributed by atoms with Crippen LogP contribution in [0.4, 0.5) is 11.4 Å². The van der Waals surface area contributed by atoms with E-state index in [-0.39, 0.29) is 18.4 Å².